The Hall–Kier alpha value is -1.08. The Morgan fingerprint density at radius 1 is 1.57 bits per heavy atom. The lowest BCUT2D eigenvalue weighted by molar-refractivity contribution is -0.137. The summed E-state index contributed by atoms with van der Waals surface area (Å²) in [6.07, 6.45) is 4.03. The lowest BCUT2D eigenvalue weighted by Gasteiger charge is -2.33. The van der Waals surface area contributed by atoms with Gasteiger partial charge in [0.15, 0.2) is 0 Å². The third kappa shape index (κ3) is 3.35. The second-order valence-electron chi connectivity index (χ2n) is 3.69. The van der Waals surface area contributed by atoms with Crippen LogP contribution in [0.1, 0.15) is 32.1 Å². The lowest BCUT2D eigenvalue weighted by Crippen LogP contribution is -2.40. The predicted octanol–water partition coefficient (Wildman–Crippen LogP) is 1.23. The molecule has 1 aliphatic rings. The van der Waals surface area contributed by atoms with Crippen LogP contribution in [0.3, 0.4) is 0 Å². The zero-order chi connectivity index (χ0) is 10.4. The highest BCUT2D eigenvalue weighted by atomic mass is 16.4. The van der Waals surface area contributed by atoms with Crippen LogP contribution in [0, 0.1) is 11.3 Å². The van der Waals surface area contributed by atoms with Crippen LogP contribution in [0.15, 0.2) is 0 Å². The van der Waals surface area contributed by atoms with Gasteiger partial charge in [-0.05, 0) is 19.4 Å². The van der Waals surface area contributed by atoms with E-state index in [2.05, 4.69) is 11.0 Å². The number of nitriles is 1. The van der Waals surface area contributed by atoms with Crippen molar-refractivity contribution in [2.75, 3.05) is 13.1 Å². The van der Waals surface area contributed by atoms with Gasteiger partial charge in [-0.25, -0.2) is 0 Å². The summed E-state index contributed by atoms with van der Waals surface area (Å²) in [5, 5.41) is 17.2. The molecule has 0 aromatic rings. The summed E-state index contributed by atoms with van der Waals surface area (Å²) in [5.41, 5.74) is 0. The molecule has 14 heavy (non-hydrogen) atoms. The first-order valence-electron chi connectivity index (χ1n) is 5.07. The van der Waals surface area contributed by atoms with Crippen molar-refractivity contribution in [3.05, 3.63) is 0 Å². The number of hydrogen-bond donors (Lipinski definition) is 1. The van der Waals surface area contributed by atoms with Crippen LogP contribution in [-0.4, -0.2) is 35.1 Å². The Morgan fingerprint density at radius 3 is 3.00 bits per heavy atom. The molecule has 1 rings (SSSR count). The molecule has 1 aliphatic heterocycles. The summed E-state index contributed by atoms with van der Waals surface area (Å²) >= 11 is 0. The van der Waals surface area contributed by atoms with Gasteiger partial charge in [-0.1, -0.05) is 6.42 Å². The molecule has 4 nitrogen and oxygen atoms in total. The van der Waals surface area contributed by atoms with Crippen molar-refractivity contribution in [1.82, 2.24) is 4.90 Å². The number of piperidine rings is 1. The van der Waals surface area contributed by atoms with E-state index in [0.717, 1.165) is 25.8 Å². The monoisotopic (exact) mass is 196 g/mol. The molecule has 78 valence electrons. The van der Waals surface area contributed by atoms with Crippen LogP contribution < -0.4 is 0 Å². The van der Waals surface area contributed by atoms with Crippen molar-refractivity contribution >= 4 is 5.97 Å². The summed E-state index contributed by atoms with van der Waals surface area (Å²) in [6.45, 7) is 1.53. The highest BCUT2D eigenvalue weighted by Gasteiger charge is 2.21. The lowest BCUT2D eigenvalue weighted by atomic mass is 10.00. The molecule has 1 fully saturated rings. The Morgan fingerprint density at radius 2 is 2.36 bits per heavy atom. The van der Waals surface area contributed by atoms with Crippen molar-refractivity contribution < 1.29 is 9.90 Å². The molecular formula is C10H16N2O2. The molecule has 1 unspecified atom stereocenters. The number of rotatable bonds is 4. The molecule has 0 aromatic heterocycles. The van der Waals surface area contributed by atoms with E-state index < -0.39 is 5.97 Å². The normalized spacial score (nSPS) is 22.9. The molecule has 1 N–H and O–H groups in total. The average Bonchev–Trinajstić information content (AvgIpc) is 2.17. The highest BCUT2D eigenvalue weighted by Crippen LogP contribution is 2.19. The van der Waals surface area contributed by atoms with Crippen molar-refractivity contribution in [3.63, 3.8) is 0 Å². The third-order valence-electron chi connectivity index (χ3n) is 2.69. The summed E-state index contributed by atoms with van der Waals surface area (Å²) in [6, 6.07) is 2.45. The maximum absolute atomic E-state index is 10.4. The van der Waals surface area contributed by atoms with E-state index in [1.807, 2.05) is 0 Å². The Balaban J connectivity index is 2.38. The Bertz CT molecular complexity index is 235. The number of carboxylic acids is 1. The minimum absolute atomic E-state index is 0.182. The fraction of sp³-hybridized carbons (Fsp3) is 0.800. The first-order valence-corrected chi connectivity index (χ1v) is 5.07. The quantitative estimate of drug-likeness (QED) is 0.734. The van der Waals surface area contributed by atoms with Gasteiger partial charge in [-0.2, -0.15) is 5.26 Å². The second kappa shape index (κ2) is 5.61. The van der Waals surface area contributed by atoms with Crippen LogP contribution in [0.2, 0.25) is 0 Å². The molecule has 0 aliphatic carbocycles. The van der Waals surface area contributed by atoms with Crippen LogP contribution in [0.4, 0.5) is 0 Å². The molecule has 0 aromatic carbocycles. The molecule has 0 saturated carbocycles. The van der Waals surface area contributed by atoms with E-state index in [1.54, 1.807) is 0 Å². The second-order valence-corrected chi connectivity index (χ2v) is 3.69. The maximum Gasteiger partial charge on any atom is 0.304 e. The van der Waals surface area contributed by atoms with Crippen LogP contribution in [0.25, 0.3) is 0 Å². The van der Waals surface area contributed by atoms with E-state index >= 15 is 0 Å². The van der Waals surface area contributed by atoms with Gasteiger partial charge in [0.25, 0.3) is 0 Å². The van der Waals surface area contributed by atoms with E-state index in [9.17, 15) is 4.79 Å². The van der Waals surface area contributed by atoms with Crippen molar-refractivity contribution in [1.29, 1.82) is 5.26 Å². The zero-order valence-corrected chi connectivity index (χ0v) is 8.28. The van der Waals surface area contributed by atoms with Gasteiger partial charge in [-0.15, -0.1) is 0 Å². The number of carboxylic acid groups (broad SMARTS) is 1. The first-order chi connectivity index (χ1) is 6.74. The van der Waals surface area contributed by atoms with Gasteiger partial charge in [0.1, 0.15) is 0 Å². The minimum Gasteiger partial charge on any atom is -0.481 e. The third-order valence-corrected chi connectivity index (χ3v) is 2.69. The van der Waals surface area contributed by atoms with E-state index in [1.165, 1.54) is 0 Å². The molecule has 1 heterocycles. The van der Waals surface area contributed by atoms with Gasteiger partial charge in [-0.3, -0.25) is 9.69 Å². The summed E-state index contributed by atoms with van der Waals surface area (Å²) in [7, 11) is 0. The summed E-state index contributed by atoms with van der Waals surface area (Å²) in [4.78, 5) is 12.6. The smallest absolute Gasteiger partial charge is 0.304 e. The molecule has 4 heteroatoms. The van der Waals surface area contributed by atoms with Gasteiger partial charge >= 0.3 is 5.97 Å². The zero-order valence-electron chi connectivity index (χ0n) is 8.28. The SMILES string of the molecule is N#CCC1CCCCN1CCC(=O)O. The summed E-state index contributed by atoms with van der Waals surface area (Å²) < 4.78 is 0. The summed E-state index contributed by atoms with van der Waals surface area (Å²) in [5.74, 6) is -0.758. The molecule has 1 saturated heterocycles. The number of nitrogens with zero attached hydrogens (tertiary/aromatic N) is 2. The maximum atomic E-state index is 10.4. The van der Waals surface area contributed by atoms with Crippen LogP contribution in [0.5, 0.6) is 0 Å². The standard InChI is InChI=1S/C10H16N2O2/c11-6-4-9-3-1-2-7-12(9)8-5-10(13)14/h9H,1-5,7-8H2,(H,13,14). The highest BCUT2D eigenvalue weighted by molar-refractivity contribution is 5.66. The van der Waals surface area contributed by atoms with Crippen LogP contribution >= 0.6 is 0 Å². The topological polar surface area (TPSA) is 64.3 Å². The van der Waals surface area contributed by atoms with Crippen molar-refractivity contribution in [3.8, 4) is 6.07 Å². The van der Waals surface area contributed by atoms with Gasteiger partial charge in [0, 0.05) is 12.6 Å². The van der Waals surface area contributed by atoms with E-state index in [0.29, 0.717) is 13.0 Å². The number of aliphatic carboxylic acids is 1. The minimum atomic E-state index is -0.758. The Kier molecular flexibility index (Phi) is 4.41. The average molecular weight is 196 g/mol. The number of hydrogen-bond acceptors (Lipinski definition) is 3. The molecule has 0 spiro atoms. The van der Waals surface area contributed by atoms with Crippen molar-refractivity contribution in [2.45, 2.75) is 38.1 Å². The molecule has 0 amide bonds. The van der Waals surface area contributed by atoms with Gasteiger partial charge in [0.05, 0.1) is 18.9 Å². The van der Waals surface area contributed by atoms with Gasteiger partial charge < -0.3 is 5.11 Å². The Labute approximate surface area is 84.1 Å². The number of likely N-dealkylation sites (tertiary alicyclic amines) is 1. The molecule has 0 radical (unpaired) electrons. The fourth-order valence-electron chi connectivity index (χ4n) is 1.93. The van der Waals surface area contributed by atoms with E-state index in [4.69, 9.17) is 10.4 Å². The van der Waals surface area contributed by atoms with Crippen molar-refractivity contribution in [2.24, 2.45) is 0 Å². The van der Waals surface area contributed by atoms with Gasteiger partial charge in [0.2, 0.25) is 0 Å². The van der Waals surface area contributed by atoms with Crippen LogP contribution in [-0.2, 0) is 4.79 Å². The predicted molar refractivity (Wildman–Crippen MR) is 51.7 cm³/mol. The fourth-order valence-corrected chi connectivity index (χ4v) is 1.93. The largest absolute Gasteiger partial charge is 0.481 e. The first kappa shape index (κ1) is 11.0. The molecule has 0 bridgehead atoms. The molecular weight excluding hydrogens is 180 g/mol. The molecule has 1 atom stereocenters. The van der Waals surface area contributed by atoms with E-state index in [-0.39, 0.29) is 12.5 Å². The number of carbonyl (C=O) groups is 1.